The van der Waals surface area contributed by atoms with Crippen molar-refractivity contribution in [3.8, 4) is 23.8 Å². The lowest BCUT2D eigenvalue weighted by atomic mass is 10.00. The topological polar surface area (TPSA) is 65.1 Å². The summed E-state index contributed by atoms with van der Waals surface area (Å²) in [6.07, 6.45) is 6.04. The van der Waals surface area contributed by atoms with Gasteiger partial charge in [0.15, 0.2) is 11.5 Å². The monoisotopic (exact) mass is 303 g/mol. The minimum Gasteiger partial charge on any atom is -0.493 e. The van der Waals surface area contributed by atoms with Crippen molar-refractivity contribution in [3.63, 3.8) is 0 Å². The van der Waals surface area contributed by atoms with Gasteiger partial charge < -0.3 is 19.1 Å². The molecule has 0 spiro atoms. The summed E-state index contributed by atoms with van der Waals surface area (Å²) in [6.45, 7) is 0.498. The molecule has 1 fully saturated rings. The molecule has 0 aromatic heterocycles. The van der Waals surface area contributed by atoms with Crippen molar-refractivity contribution in [2.45, 2.75) is 12.5 Å². The molecule has 0 aliphatic carbocycles. The molecule has 1 aromatic carbocycles. The Balaban J connectivity index is 2.35. The normalized spacial score (nSPS) is 16.3. The van der Waals surface area contributed by atoms with E-state index in [0.29, 0.717) is 35.6 Å². The molecule has 1 saturated heterocycles. The lowest BCUT2D eigenvalue weighted by Crippen LogP contribution is -2.55. The Hall–Kier alpha value is -2.68. The zero-order valence-electron chi connectivity index (χ0n) is 12.7. The molecular weight excluding hydrogens is 286 g/mol. The Morgan fingerprint density at radius 2 is 2.00 bits per heavy atom. The van der Waals surface area contributed by atoms with Crippen molar-refractivity contribution < 1.29 is 23.8 Å². The predicted molar refractivity (Wildman–Crippen MR) is 78.9 cm³/mol. The van der Waals surface area contributed by atoms with Crippen LogP contribution in [0.5, 0.6) is 11.5 Å². The van der Waals surface area contributed by atoms with Crippen molar-refractivity contribution in [1.82, 2.24) is 4.90 Å². The van der Waals surface area contributed by atoms with E-state index in [1.807, 2.05) is 0 Å². The number of hydrogen-bond donors (Lipinski definition) is 0. The van der Waals surface area contributed by atoms with Crippen LogP contribution in [0.4, 0.5) is 0 Å². The average molecular weight is 303 g/mol. The number of rotatable bonds is 4. The maximum Gasteiger partial charge on any atom is 0.328 e. The van der Waals surface area contributed by atoms with Gasteiger partial charge in [0.25, 0.3) is 5.91 Å². The minimum atomic E-state index is -0.542. The van der Waals surface area contributed by atoms with Crippen LogP contribution in [0.1, 0.15) is 22.3 Å². The van der Waals surface area contributed by atoms with E-state index < -0.39 is 12.0 Å². The molecule has 116 valence electrons. The summed E-state index contributed by atoms with van der Waals surface area (Å²) < 4.78 is 15.1. The molecule has 2 rings (SSSR count). The van der Waals surface area contributed by atoms with Gasteiger partial charge in [0.05, 0.1) is 26.9 Å². The van der Waals surface area contributed by atoms with Crippen LogP contribution in [0.25, 0.3) is 0 Å². The third-order valence-electron chi connectivity index (χ3n) is 3.64. The number of esters is 1. The number of amides is 1. The van der Waals surface area contributed by atoms with Crippen molar-refractivity contribution in [2.24, 2.45) is 0 Å². The fraction of sp³-hybridized carbons (Fsp3) is 0.375. The molecule has 6 heteroatoms. The van der Waals surface area contributed by atoms with Gasteiger partial charge in [0.2, 0.25) is 0 Å². The molecule has 22 heavy (non-hydrogen) atoms. The Bertz CT molecular complexity index is 647. The number of benzene rings is 1. The molecule has 6 nitrogen and oxygen atoms in total. The van der Waals surface area contributed by atoms with Gasteiger partial charge in [-0.15, -0.1) is 6.42 Å². The van der Waals surface area contributed by atoms with Gasteiger partial charge in [0, 0.05) is 12.1 Å². The fourth-order valence-electron chi connectivity index (χ4n) is 2.37. The smallest absolute Gasteiger partial charge is 0.328 e. The van der Waals surface area contributed by atoms with E-state index in [-0.39, 0.29) is 5.91 Å². The van der Waals surface area contributed by atoms with E-state index in [1.165, 1.54) is 26.2 Å². The maximum absolute atomic E-state index is 12.5. The van der Waals surface area contributed by atoms with Crippen molar-refractivity contribution in [3.05, 3.63) is 23.3 Å². The van der Waals surface area contributed by atoms with Gasteiger partial charge in [-0.25, -0.2) is 4.79 Å². The summed E-state index contributed by atoms with van der Waals surface area (Å²) in [5, 5.41) is 0. The molecule has 1 atom stereocenters. The first-order valence-corrected chi connectivity index (χ1v) is 6.68. The van der Waals surface area contributed by atoms with E-state index >= 15 is 0 Å². The van der Waals surface area contributed by atoms with Crippen LogP contribution in [0.2, 0.25) is 0 Å². The van der Waals surface area contributed by atoms with Gasteiger partial charge in [-0.3, -0.25) is 4.79 Å². The van der Waals surface area contributed by atoms with Gasteiger partial charge in [-0.2, -0.15) is 0 Å². The molecule has 1 aliphatic heterocycles. The first kappa shape index (κ1) is 15.7. The summed E-state index contributed by atoms with van der Waals surface area (Å²) in [5.74, 6) is 2.53. The maximum atomic E-state index is 12.5. The fourth-order valence-corrected chi connectivity index (χ4v) is 2.37. The van der Waals surface area contributed by atoms with Crippen LogP contribution < -0.4 is 9.47 Å². The molecule has 1 heterocycles. The number of carbonyl (C=O) groups excluding carboxylic acids is 2. The first-order chi connectivity index (χ1) is 10.6. The van der Waals surface area contributed by atoms with E-state index in [0.717, 1.165) is 0 Å². The highest BCUT2D eigenvalue weighted by Gasteiger charge is 2.39. The molecular formula is C16H17NO5. The first-order valence-electron chi connectivity index (χ1n) is 6.68. The lowest BCUT2D eigenvalue weighted by molar-refractivity contribution is -0.149. The number of nitrogens with zero attached hydrogens (tertiary/aromatic N) is 1. The van der Waals surface area contributed by atoms with Crippen molar-refractivity contribution >= 4 is 11.9 Å². The van der Waals surface area contributed by atoms with Crippen molar-refractivity contribution in [1.29, 1.82) is 0 Å². The molecule has 1 aromatic rings. The summed E-state index contributed by atoms with van der Waals surface area (Å²) in [4.78, 5) is 25.6. The molecule has 0 radical (unpaired) electrons. The number of terminal acetylenes is 1. The van der Waals surface area contributed by atoms with E-state index in [4.69, 9.17) is 15.9 Å². The van der Waals surface area contributed by atoms with Crippen LogP contribution in [-0.2, 0) is 9.53 Å². The predicted octanol–water partition coefficient (Wildman–Crippen LogP) is 1.07. The highest BCUT2D eigenvalue weighted by molar-refractivity contribution is 5.98. The van der Waals surface area contributed by atoms with E-state index in [2.05, 4.69) is 10.7 Å². The van der Waals surface area contributed by atoms with Gasteiger partial charge >= 0.3 is 5.97 Å². The quantitative estimate of drug-likeness (QED) is 0.615. The summed E-state index contributed by atoms with van der Waals surface area (Å²) >= 11 is 0. The van der Waals surface area contributed by atoms with Gasteiger partial charge in [0.1, 0.15) is 6.04 Å². The zero-order chi connectivity index (χ0) is 16.3. The number of hydrogen-bond acceptors (Lipinski definition) is 5. The number of carbonyl (C=O) groups is 2. The Labute approximate surface area is 128 Å². The molecule has 1 aliphatic rings. The third-order valence-corrected chi connectivity index (χ3v) is 3.64. The summed E-state index contributed by atoms with van der Waals surface area (Å²) in [7, 11) is 4.24. The largest absolute Gasteiger partial charge is 0.493 e. The average Bonchev–Trinajstić information content (AvgIpc) is 2.51. The highest BCUT2D eigenvalue weighted by atomic mass is 16.5. The molecule has 0 unspecified atom stereocenters. The molecule has 0 bridgehead atoms. The van der Waals surface area contributed by atoms with E-state index in [9.17, 15) is 9.59 Å². The Morgan fingerprint density at radius 3 is 2.45 bits per heavy atom. The molecule has 0 N–H and O–H groups in total. The van der Waals surface area contributed by atoms with Crippen LogP contribution in [0.15, 0.2) is 12.1 Å². The summed E-state index contributed by atoms with van der Waals surface area (Å²) in [5.41, 5.74) is 0.763. The third kappa shape index (κ3) is 2.58. The Kier molecular flexibility index (Phi) is 4.56. The summed E-state index contributed by atoms with van der Waals surface area (Å²) in [6, 6.07) is 2.56. The van der Waals surface area contributed by atoms with Gasteiger partial charge in [-0.05, 0) is 18.6 Å². The lowest BCUT2D eigenvalue weighted by Gasteiger charge is -2.38. The molecule has 0 saturated carbocycles. The highest BCUT2D eigenvalue weighted by Crippen LogP contribution is 2.33. The Morgan fingerprint density at radius 1 is 1.27 bits per heavy atom. The second-order valence-electron chi connectivity index (χ2n) is 4.73. The SMILES string of the molecule is C#Cc1cc(C(=O)N2CC[C@@H]2C(=O)OC)cc(OC)c1OC. The van der Waals surface area contributed by atoms with Gasteiger partial charge in [-0.1, -0.05) is 5.92 Å². The number of ether oxygens (including phenoxy) is 3. The second kappa shape index (κ2) is 6.39. The van der Waals surface area contributed by atoms with Crippen LogP contribution in [0.3, 0.4) is 0 Å². The van der Waals surface area contributed by atoms with Crippen LogP contribution in [0, 0.1) is 12.3 Å². The number of methoxy groups -OCH3 is 3. The number of likely N-dealkylation sites (tertiary alicyclic amines) is 1. The zero-order valence-corrected chi connectivity index (χ0v) is 12.7. The second-order valence-corrected chi connectivity index (χ2v) is 4.73. The molecule has 1 amide bonds. The van der Waals surface area contributed by atoms with Crippen molar-refractivity contribution in [2.75, 3.05) is 27.9 Å². The van der Waals surface area contributed by atoms with Crippen LogP contribution in [-0.4, -0.2) is 50.7 Å². The van der Waals surface area contributed by atoms with E-state index in [1.54, 1.807) is 12.1 Å². The van der Waals surface area contributed by atoms with Crippen LogP contribution >= 0.6 is 0 Å². The standard InChI is InChI=1S/C16H17NO5/c1-5-10-8-11(9-13(20-2)14(10)21-3)15(18)17-7-6-12(17)16(19)22-4/h1,8-9,12H,6-7H2,2-4H3/t12-/m1/s1. The minimum absolute atomic E-state index is 0.292.